The molecule has 0 heterocycles. The van der Waals surface area contributed by atoms with Crippen LogP contribution in [0.3, 0.4) is 0 Å². The summed E-state index contributed by atoms with van der Waals surface area (Å²) >= 11 is 0. The van der Waals surface area contributed by atoms with Gasteiger partial charge in [-0.15, -0.1) is 0 Å². The van der Waals surface area contributed by atoms with Crippen molar-refractivity contribution in [2.24, 2.45) is 17.6 Å². The highest BCUT2D eigenvalue weighted by Crippen LogP contribution is 2.32. The van der Waals surface area contributed by atoms with Crippen LogP contribution in [0.15, 0.2) is 0 Å². The van der Waals surface area contributed by atoms with Gasteiger partial charge in [-0.1, -0.05) is 13.3 Å². The molecule has 104 valence electrons. The van der Waals surface area contributed by atoms with Gasteiger partial charge in [-0.05, 0) is 31.7 Å². The van der Waals surface area contributed by atoms with E-state index in [9.17, 15) is 9.59 Å². The van der Waals surface area contributed by atoms with E-state index in [2.05, 4.69) is 5.32 Å². The fourth-order valence-electron chi connectivity index (χ4n) is 2.54. The Morgan fingerprint density at radius 2 is 2.11 bits per heavy atom. The van der Waals surface area contributed by atoms with E-state index in [0.717, 1.165) is 25.7 Å². The predicted octanol–water partition coefficient (Wildman–Crippen LogP) is 0.346. The topological polar surface area (TPSA) is 75.4 Å². The lowest BCUT2D eigenvalue weighted by molar-refractivity contribution is -0.138. The molecule has 2 amide bonds. The minimum Gasteiger partial charge on any atom is -0.355 e. The molecule has 0 spiro atoms. The molecule has 18 heavy (non-hydrogen) atoms. The average Bonchev–Trinajstić information content (AvgIpc) is 2.83. The molecule has 1 aliphatic carbocycles. The molecule has 1 rings (SSSR count). The molecule has 2 unspecified atom stereocenters. The lowest BCUT2D eigenvalue weighted by Gasteiger charge is -2.24. The third-order valence-electron chi connectivity index (χ3n) is 3.61. The Labute approximate surface area is 109 Å². The normalized spacial score (nSPS) is 22.8. The number of hydrogen-bond acceptors (Lipinski definition) is 3. The van der Waals surface area contributed by atoms with Crippen molar-refractivity contribution in [2.45, 2.75) is 32.6 Å². The molecule has 0 radical (unpaired) electrons. The van der Waals surface area contributed by atoms with Gasteiger partial charge >= 0.3 is 0 Å². The van der Waals surface area contributed by atoms with Gasteiger partial charge in [0.05, 0.1) is 6.54 Å². The molecule has 2 atom stereocenters. The van der Waals surface area contributed by atoms with E-state index >= 15 is 0 Å². The van der Waals surface area contributed by atoms with Gasteiger partial charge in [-0.2, -0.15) is 0 Å². The second-order valence-electron chi connectivity index (χ2n) is 5.08. The van der Waals surface area contributed by atoms with Crippen molar-refractivity contribution in [1.29, 1.82) is 0 Å². The Morgan fingerprint density at radius 3 is 2.72 bits per heavy atom. The highest BCUT2D eigenvalue weighted by molar-refractivity contribution is 5.86. The van der Waals surface area contributed by atoms with Crippen molar-refractivity contribution in [1.82, 2.24) is 10.2 Å². The van der Waals surface area contributed by atoms with Crippen LogP contribution in [0.5, 0.6) is 0 Å². The number of nitrogens with zero attached hydrogens (tertiary/aromatic N) is 1. The lowest BCUT2D eigenvalue weighted by Crippen LogP contribution is -2.42. The number of rotatable bonds is 6. The molecule has 3 N–H and O–H groups in total. The number of carbonyl (C=O) groups is 2. The van der Waals surface area contributed by atoms with Crippen LogP contribution in [-0.2, 0) is 9.59 Å². The lowest BCUT2D eigenvalue weighted by atomic mass is 9.95. The van der Waals surface area contributed by atoms with Crippen molar-refractivity contribution in [3.8, 4) is 0 Å². The van der Waals surface area contributed by atoms with Crippen LogP contribution < -0.4 is 11.1 Å². The molecule has 0 aliphatic heterocycles. The summed E-state index contributed by atoms with van der Waals surface area (Å²) in [6.45, 7) is 3.37. The first-order valence-electron chi connectivity index (χ1n) is 6.81. The SMILES string of the molecule is CCCNC(=O)CN(C)C(=O)C1CCCC1CN. The second kappa shape index (κ2) is 7.36. The van der Waals surface area contributed by atoms with Crippen LogP contribution in [0, 0.1) is 11.8 Å². The van der Waals surface area contributed by atoms with Crippen LogP contribution >= 0.6 is 0 Å². The number of likely N-dealkylation sites (N-methyl/N-ethyl adjacent to an activating group) is 1. The van der Waals surface area contributed by atoms with Gasteiger partial charge in [0.1, 0.15) is 0 Å². The predicted molar refractivity (Wildman–Crippen MR) is 70.8 cm³/mol. The highest BCUT2D eigenvalue weighted by atomic mass is 16.2. The third kappa shape index (κ3) is 3.98. The molecule has 0 saturated heterocycles. The first-order valence-corrected chi connectivity index (χ1v) is 6.81. The van der Waals surface area contributed by atoms with Gasteiger partial charge in [-0.3, -0.25) is 9.59 Å². The molecule has 0 bridgehead atoms. The van der Waals surface area contributed by atoms with Gasteiger partial charge in [0.15, 0.2) is 0 Å². The molecule has 5 nitrogen and oxygen atoms in total. The van der Waals surface area contributed by atoms with E-state index in [1.165, 1.54) is 4.90 Å². The van der Waals surface area contributed by atoms with Gasteiger partial charge in [0.2, 0.25) is 11.8 Å². The molecule has 1 saturated carbocycles. The van der Waals surface area contributed by atoms with Crippen LogP contribution in [0.4, 0.5) is 0 Å². The van der Waals surface area contributed by atoms with Crippen LogP contribution in [0.25, 0.3) is 0 Å². The molecule has 0 aromatic carbocycles. The van der Waals surface area contributed by atoms with Crippen molar-refractivity contribution >= 4 is 11.8 Å². The van der Waals surface area contributed by atoms with Crippen molar-refractivity contribution in [3.05, 3.63) is 0 Å². The quantitative estimate of drug-likeness (QED) is 0.719. The third-order valence-corrected chi connectivity index (χ3v) is 3.61. The number of carbonyl (C=O) groups excluding carboxylic acids is 2. The fraction of sp³-hybridized carbons (Fsp3) is 0.846. The Morgan fingerprint density at radius 1 is 1.39 bits per heavy atom. The number of hydrogen-bond donors (Lipinski definition) is 2. The van der Waals surface area contributed by atoms with E-state index < -0.39 is 0 Å². The Bertz CT molecular complexity index is 294. The molecule has 5 heteroatoms. The van der Waals surface area contributed by atoms with Gasteiger partial charge in [0.25, 0.3) is 0 Å². The van der Waals surface area contributed by atoms with Crippen molar-refractivity contribution in [3.63, 3.8) is 0 Å². The van der Waals surface area contributed by atoms with Crippen molar-refractivity contribution in [2.75, 3.05) is 26.7 Å². The summed E-state index contributed by atoms with van der Waals surface area (Å²) in [6, 6.07) is 0. The summed E-state index contributed by atoms with van der Waals surface area (Å²) < 4.78 is 0. The zero-order valence-corrected chi connectivity index (χ0v) is 11.4. The Kier molecular flexibility index (Phi) is 6.12. The molecular formula is C13H25N3O2. The number of nitrogens with one attached hydrogen (secondary N) is 1. The summed E-state index contributed by atoms with van der Waals surface area (Å²) in [4.78, 5) is 25.3. The fourth-order valence-corrected chi connectivity index (χ4v) is 2.54. The second-order valence-corrected chi connectivity index (χ2v) is 5.08. The maximum atomic E-state index is 12.2. The summed E-state index contributed by atoms with van der Waals surface area (Å²) in [5.41, 5.74) is 5.68. The summed E-state index contributed by atoms with van der Waals surface area (Å²) in [5.74, 6) is 0.280. The van der Waals surface area contributed by atoms with Crippen LogP contribution in [-0.4, -0.2) is 43.4 Å². The molecule has 0 aromatic heterocycles. The van der Waals surface area contributed by atoms with E-state index in [-0.39, 0.29) is 24.3 Å². The maximum absolute atomic E-state index is 12.2. The smallest absolute Gasteiger partial charge is 0.239 e. The van der Waals surface area contributed by atoms with E-state index in [1.54, 1.807) is 7.05 Å². The molecule has 1 aliphatic rings. The highest BCUT2D eigenvalue weighted by Gasteiger charge is 2.33. The molecule has 1 fully saturated rings. The number of nitrogens with two attached hydrogens (primary N) is 1. The van der Waals surface area contributed by atoms with Gasteiger partial charge in [-0.25, -0.2) is 0 Å². The summed E-state index contributed by atoms with van der Waals surface area (Å²) in [7, 11) is 1.69. The zero-order valence-electron chi connectivity index (χ0n) is 11.4. The first kappa shape index (κ1) is 15.0. The van der Waals surface area contributed by atoms with E-state index in [0.29, 0.717) is 19.0 Å². The average molecular weight is 255 g/mol. The van der Waals surface area contributed by atoms with Crippen LogP contribution in [0.2, 0.25) is 0 Å². The maximum Gasteiger partial charge on any atom is 0.239 e. The summed E-state index contributed by atoms with van der Waals surface area (Å²) in [6.07, 6.45) is 3.90. The van der Waals surface area contributed by atoms with Gasteiger partial charge in [0, 0.05) is 19.5 Å². The molecule has 0 aromatic rings. The monoisotopic (exact) mass is 255 g/mol. The molecular weight excluding hydrogens is 230 g/mol. The standard InChI is InChI=1S/C13H25N3O2/c1-3-7-15-12(17)9-16(2)13(18)11-6-4-5-10(11)8-14/h10-11H,3-9,14H2,1-2H3,(H,15,17). The minimum absolute atomic E-state index is 0.0129. The number of amides is 2. The zero-order chi connectivity index (χ0) is 13.5. The van der Waals surface area contributed by atoms with Gasteiger partial charge < -0.3 is 16.0 Å². The van der Waals surface area contributed by atoms with Crippen LogP contribution in [0.1, 0.15) is 32.6 Å². The first-order chi connectivity index (χ1) is 8.60. The Hall–Kier alpha value is -1.10. The van der Waals surface area contributed by atoms with Crippen molar-refractivity contribution < 1.29 is 9.59 Å². The Balaban J connectivity index is 2.43. The summed E-state index contributed by atoms with van der Waals surface area (Å²) in [5, 5.41) is 2.78. The minimum atomic E-state index is -0.0880. The van der Waals surface area contributed by atoms with E-state index in [1.807, 2.05) is 6.92 Å². The largest absolute Gasteiger partial charge is 0.355 e. The van der Waals surface area contributed by atoms with E-state index in [4.69, 9.17) is 5.73 Å².